The van der Waals surface area contributed by atoms with Gasteiger partial charge in [-0.25, -0.2) is 9.59 Å². The maximum Gasteiger partial charge on any atom is 0.410 e. The van der Waals surface area contributed by atoms with Crippen molar-refractivity contribution in [2.24, 2.45) is 0 Å². The Morgan fingerprint density at radius 2 is 1.38 bits per heavy atom. The molecule has 0 aliphatic rings. The van der Waals surface area contributed by atoms with Gasteiger partial charge in [-0.15, -0.1) is 0 Å². The topological polar surface area (TPSA) is 84.9 Å². The number of unbranched alkanes of at least 4 members (excludes halogenated alkanes) is 1. The number of carbonyl (C=O) groups excluding carboxylic acids is 3. The van der Waals surface area contributed by atoms with E-state index >= 15 is 0 Å². The van der Waals surface area contributed by atoms with E-state index < -0.39 is 17.6 Å². The van der Waals surface area contributed by atoms with E-state index in [2.05, 4.69) is 65.1 Å². The van der Waals surface area contributed by atoms with Gasteiger partial charge in [-0.1, -0.05) is 90.1 Å². The summed E-state index contributed by atoms with van der Waals surface area (Å²) in [6.45, 7) is 19.6. The van der Waals surface area contributed by atoms with Crippen molar-refractivity contribution in [2.45, 2.75) is 117 Å². The lowest BCUT2D eigenvalue weighted by Gasteiger charge is -2.30. The Morgan fingerprint density at radius 1 is 0.810 bits per heavy atom. The predicted molar refractivity (Wildman–Crippen MR) is 168 cm³/mol. The van der Waals surface area contributed by atoms with Crippen LogP contribution in [0.3, 0.4) is 0 Å². The van der Waals surface area contributed by atoms with Crippen LogP contribution in [0.25, 0.3) is 0 Å². The minimum atomic E-state index is -0.754. The zero-order valence-corrected chi connectivity index (χ0v) is 27.4. The molecule has 0 bridgehead atoms. The van der Waals surface area contributed by atoms with Gasteiger partial charge in [0.25, 0.3) is 0 Å². The highest BCUT2D eigenvalue weighted by atomic mass is 16.6. The SMILES string of the molecule is COC(=O)[C@H](Cc1ccccc1)NC(=O)CCCCN(Cc1cc(C(C)(C)C)cc(C(C)(C)C)c1)C(=O)OC(C)(C)C. The lowest BCUT2D eigenvalue weighted by atomic mass is 9.79. The molecule has 0 aliphatic heterocycles. The first-order valence-corrected chi connectivity index (χ1v) is 14.9. The average Bonchev–Trinajstić information content (AvgIpc) is 2.88. The second-order valence-corrected chi connectivity index (χ2v) is 14.1. The van der Waals surface area contributed by atoms with E-state index in [1.807, 2.05) is 51.1 Å². The summed E-state index contributed by atoms with van der Waals surface area (Å²) in [4.78, 5) is 40.1. The lowest BCUT2D eigenvalue weighted by molar-refractivity contribution is -0.145. The summed E-state index contributed by atoms with van der Waals surface area (Å²) in [5.74, 6) is -0.701. The standard InChI is InChI=1S/C35H52N2O5/c1-33(2,3)27-20-26(21-28(23-27)34(4,5)6)24-37(32(40)42-35(7,8)9)19-15-14-18-30(38)36-29(31(39)41-10)22-25-16-12-11-13-17-25/h11-13,16-17,20-21,23,29H,14-15,18-19,22,24H2,1-10H3,(H,36,38)/t29-/m0/s1. The molecule has 0 radical (unpaired) electrons. The molecule has 42 heavy (non-hydrogen) atoms. The van der Waals surface area contributed by atoms with E-state index in [0.717, 1.165) is 11.1 Å². The van der Waals surface area contributed by atoms with E-state index in [9.17, 15) is 14.4 Å². The summed E-state index contributed by atoms with van der Waals surface area (Å²) in [7, 11) is 1.32. The van der Waals surface area contributed by atoms with Gasteiger partial charge in [-0.2, -0.15) is 0 Å². The van der Waals surface area contributed by atoms with Crippen molar-refractivity contribution in [3.05, 3.63) is 70.8 Å². The number of hydrogen-bond acceptors (Lipinski definition) is 5. The zero-order valence-electron chi connectivity index (χ0n) is 27.4. The molecule has 1 atom stereocenters. The molecule has 0 aliphatic carbocycles. The molecular weight excluding hydrogens is 528 g/mol. The normalized spacial score (nSPS) is 12.8. The molecule has 232 valence electrons. The molecule has 0 aromatic heterocycles. The van der Waals surface area contributed by atoms with Gasteiger partial charge in [0.1, 0.15) is 11.6 Å². The molecule has 0 spiro atoms. The molecule has 2 amide bonds. The molecule has 2 rings (SSSR count). The third-order valence-electron chi connectivity index (χ3n) is 6.94. The van der Waals surface area contributed by atoms with Gasteiger partial charge in [0.05, 0.1) is 7.11 Å². The van der Waals surface area contributed by atoms with Gasteiger partial charge in [-0.3, -0.25) is 4.79 Å². The Kier molecular flexibility index (Phi) is 12.2. The van der Waals surface area contributed by atoms with Gasteiger partial charge >= 0.3 is 12.1 Å². The highest BCUT2D eigenvalue weighted by Crippen LogP contribution is 2.31. The molecule has 0 saturated heterocycles. The highest BCUT2D eigenvalue weighted by Gasteiger charge is 2.26. The first-order chi connectivity index (χ1) is 19.4. The number of amides is 2. The molecule has 0 saturated carbocycles. The van der Waals surface area contributed by atoms with Crippen LogP contribution in [-0.2, 0) is 42.9 Å². The number of rotatable bonds is 11. The van der Waals surface area contributed by atoms with E-state index in [1.165, 1.54) is 18.2 Å². The number of benzene rings is 2. The number of nitrogens with zero attached hydrogens (tertiary/aromatic N) is 1. The predicted octanol–water partition coefficient (Wildman–Crippen LogP) is 7.09. The average molecular weight is 581 g/mol. The molecule has 0 heterocycles. The van der Waals surface area contributed by atoms with E-state index in [0.29, 0.717) is 32.4 Å². The van der Waals surface area contributed by atoms with Crippen molar-refractivity contribution in [2.75, 3.05) is 13.7 Å². The van der Waals surface area contributed by atoms with Crippen LogP contribution in [0.4, 0.5) is 4.79 Å². The summed E-state index contributed by atoms with van der Waals surface area (Å²) < 4.78 is 10.7. The van der Waals surface area contributed by atoms with Gasteiger partial charge < -0.3 is 19.7 Å². The van der Waals surface area contributed by atoms with Crippen molar-refractivity contribution in [1.29, 1.82) is 0 Å². The zero-order chi connectivity index (χ0) is 31.7. The quantitative estimate of drug-likeness (QED) is 0.227. The number of ether oxygens (including phenoxy) is 2. The Morgan fingerprint density at radius 3 is 1.88 bits per heavy atom. The minimum Gasteiger partial charge on any atom is -0.467 e. The van der Waals surface area contributed by atoms with Crippen LogP contribution in [0.15, 0.2) is 48.5 Å². The Labute approximate surface area is 253 Å². The van der Waals surface area contributed by atoms with E-state index in [-0.39, 0.29) is 29.3 Å². The van der Waals surface area contributed by atoms with Crippen LogP contribution in [0.2, 0.25) is 0 Å². The first kappa shape index (κ1) is 34.8. The molecule has 0 unspecified atom stereocenters. The third-order valence-corrected chi connectivity index (χ3v) is 6.94. The molecule has 0 fully saturated rings. The highest BCUT2D eigenvalue weighted by molar-refractivity contribution is 5.84. The fourth-order valence-corrected chi connectivity index (χ4v) is 4.47. The first-order valence-electron chi connectivity index (χ1n) is 14.9. The maximum absolute atomic E-state index is 13.3. The Bertz CT molecular complexity index is 1150. The van der Waals surface area contributed by atoms with Gasteiger partial charge in [-0.05, 0) is 66.7 Å². The van der Waals surface area contributed by atoms with Crippen LogP contribution in [0.5, 0.6) is 0 Å². The van der Waals surface area contributed by atoms with Crippen LogP contribution < -0.4 is 5.32 Å². The van der Waals surface area contributed by atoms with Gasteiger partial charge in [0.15, 0.2) is 0 Å². The number of hydrogen-bond donors (Lipinski definition) is 1. The number of nitrogens with one attached hydrogen (secondary N) is 1. The largest absolute Gasteiger partial charge is 0.467 e. The van der Waals surface area contributed by atoms with Crippen molar-refractivity contribution in [1.82, 2.24) is 10.2 Å². The minimum absolute atomic E-state index is 0.0390. The van der Waals surface area contributed by atoms with Crippen molar-refractivity contribution in [3.8, 4) is 0 Å². The third kappa shape index (κ3) is 11.9. The molecular formula is C35H52N2O5. The number of carbonyl (C=O) groups is 3. The summed E-state index contributed by atoms with van der Waals surface area (Å²) in [6.07, 6.45) is 1.38. The summed E-state index contributed by atoms with van der Waals surface area (Å²) in [5, 5.41) is 2.82. The maximum atomic E-state index is 13.3. The summed E-state index contributed by atoms with van der Waals surface area (Å²) in [6, 6.07) is 15.4. The van der Waals surface area contributed by atoms with Crippen molar-refractivity contribution in [3.63, 3.8) is 0 Å². The smallest absolute Gasteiger partial charge is 0.410 e. The van der Waals surface area contributed by atoms with E-state index in [4.69, 9.17) is 9.47 Å². The van der Waals surface area contributed by atoms with Crippen molar-refractivity contribution < 1.29 is 23.9 Å². The Hall–Kier alpha value is -3.35. The van der Waals surface area contributed by atoms with Gasteiger partial charge in [0, 0.05) is 25.9 Å². The second-order valence-electron chi connectivity index (χ2n) is 14.1. The van der Waals surface area contributed by atoms with Crippen LogP contribution in [-0.4, -0.2) is 48.2 Å². The molecule has 2 aromatic carbocycles. The monoisotopic (exact) mass is 580 g/mol. The van der Waals surface area contributed by atoms with Crippen LogP contribution >= 0.6 is 0 Å². The summed E-state index contributed by atoms with van der Waals surface area (Å²) in [5.41, 5.74) is 3.73. The molecule has 7 nitrogen and oxygen atoms in total. The fourth-order valence-electron chi connectivity index (χ4n) is 4.47. The molecule has 7 heteroatoms. The van der Waals surface area contributed by atoms with Gasteiger partial charge in [0.2, 0.25) is 5.91 Å². The van der Waals surface area contributed by atoms with Crippen LogP contribution in [0.1, 0.15) is 104 Å². The molecule has 2 aromatic rings. The van der Waals surface area contributed by atoms with Crippen molar-refractivity contribution >= 4 is 18.0 Å². The Balaban J connectivity index is 2.12. The van der Waals surface area contributed by atoms with E-state index in [1.54, 1.807) is 4.90 Å². The van der Waals surface area contributed by atoms with Crippen LogP contribution in [0, 0.1) is 0 Å². The number of esters is 1. The number of methoxy groups -OCH3 is 1. The second kappa shape index (κ2) is 14.7. The summed E-state index contributed by atoms with van der Waals surface area (Å²) >= 11 is 0. The lowest BCUT2D eigenvalue weighted by Crippen LogP contribution is -2.43. The fraction of sp³-hybridized carbons (Fsp3) is 0.571. The molecule has 1 N–H and O–H groups in total.